The Morgan fingerprint density at radius 1 is 1.18 bits per heavy atom. The third kappa shape index (κ3) is 1.73. The second-order valence-corrected chi connectivity index (χ2v) is 4.02. The Labute approximate surface area is 98.3 Å². The van der Waals surface area contributed by atoms with Crippen LogP contribution in [-0.4, -0.2) is 45.7 Å². The first kappa shape index (κ1) is 11.8. The number of rotatable bonds is 3. The van der Waals surface area contributed by atoms with Crippen molar-refractivity contribution < 1.29 is 19.8 Å². The van der Waals surface area contributed by atoms with Crippen LogP contribution in [0.1, 0.15) is 27.6 Å². The third-order valence-electron chi connectivity index (χ3n) is 2.98. The van der Waals surface area contributed by atoms with Gasteiger partial charge in [0.1, 0.15) is 0 Å². The summed E-state index contributed by atoms with van der Waals surface area (Å²) in [7, 11) is 0. The molecule has 1 aromatic rings. The summed E-state index contributed by atoms with van der Waals surface area (Å²) in [5.41, 5.74) is 0.684. The molecule has 0 radical (unpaired) electrons. The van der Waals surface area contributed by atoms with E-state index in [1.165, 1.54) is 6.92 Å². The third-order valence-corrected chi connectivity index (χ3v) is 2.98. The minimum absolute atomic E-state index is 0.342. The number of hydrogen-bond donors (Lipinski definition) is 2. The molecule has 1 aromatic carbocycles. The van der Waals surface area contributed by atoms with Crippen LogP contribution in [0.4, 0.5) is 0 Å². The number of aliphatic hydroxyl groups is 2. The summed E-state index contributed by atoms with van der Waals surface area (Å²) in [6.07, 6.45) is -1.13. The Morgan fingerprint density at radius 3 is 2.06 bits per heavy atom. The van der Waals surface area contributed by atoms with Crippen molar-refractivity contribution in [3.05, 3.63) is 35.4 Å². The van der Waals surface area contributed by atoms with Crippen molar-refractivity contribution in [2.75, 3.05) is 6.61 Å². The van der Waals surface area contributed by atoms with Gasteiger partial charge >= 0.3 is 0 Å². The minimum atomic E-state index is -1.13. The summed E-state index contributed by atoms with van der Waals surface area (Å²) in [5.74, 6) is -0.851. The Kier molecular flexibility index (Phi) is 2.95. The molecule has 0 aromatic heterocycles. The van der Waals surface area contributed by atoms with Gasteiger partial charge in [-0.2, -0.15) is 0 Å². The minimum Gasteiger partial charge on any atom is -0.394 e. The Bertz CT molecular complexity index is 436. The summed E-state index contributed by atoms with van der Waals surface area (Å²) < 4.78 is 0. The van der Waals surface area contributed by atoms with Gasteiger partial charge in [0.25, 0.3) is 11.8 Å². The van der Waals surface area contributed by atoms with E-state index in [2.05, 4.69) is 0 Å². The number of fused-ring (bicyclic) bond motifs is 1. The van der Waals surface area contributed by atoms with Crippen LogP contribution in [0.3, 0.4) is 0 Å². The molecule has 2 rings (SSSR count). The fourth-order valence-corrected chi connectivity index (χ4v) is 1.90. The van der Waals surface area contributed by atoms with Crippen molar-refractivity contribution in [2.24, 2.45) is 0 Å². The van der Waals surface area contributed by atoms with E-state index in [0.29, 0.717) is 11.1 Å². The van der Waals surface area contributed by atoms with Crippen LogP contribution in [0.15, 0.2) is 24.3 Å². The highest BCUT2D eigenvalue weighted by atomic mass is 16.3. The molecule has 0 spiro atoms. The largest absolute Gasteiger partial charge is 0.394 e. The molecule has 5 nitrogen and oxygen atoms in total. The van der Waals surface area contributed by atoms with E-state index >= 15 is 0 Å². The molecule has 1 aliphatic rings. The Morgan fingerprint density at radius 2 is 1.65 bits per heavy atom. The quantitative estimate of drug-likeness (QED) is 0.724. The molecule has 2 amide bonds. The Balaban J connectivity index is 2.36. The second-order valence-electron chi connectivity index (χ2n) is 4.02. The summed E-state index contributed by atoms with van der Waals surface area (Å²) in [6.45, 7) is 1.04. The second kappa shape index (κ2) is 4.27. The zero-order valence-electron chi connectivity index (χ0n) is 9.33. The molecule has 17 heavy (non-hydrogen) atoms. The molecular formula is C12H13NO4. The number of carbonyl (C=O) groups is 2. The van der Waals surface area contributed by atoms with Gasteiger partial charge in [-0.3, -0.25) is 14.5 Å². The van der Waals surface area contributed by atoms with Gasteiger partial charge in [0, 0.05) is 0 Å². The van der Waals surface area contributed by atoms with Crippen LogP contribution in [-0.2, 0) is 0 Å². The van der Waals surface area contributed by atoms with Gasteiger partial charge in [-0.05, 0) is 19.1 Å². The normalized spacial score (nSPS) is 18.2. The van der Waals surface area contributed by atoms with Crippen molar-refractivity contribution in [1.29, 1.82) is 0 Å². The standard InChI is InChI=1S/C12H13NO4/c1-7(10(15)6-14)13-11(16)8-4-2-3-5-9(8)12(13)17/h2-5,7,10,14-15H,6H2,1H3/t7-,10+/m0/s1. The number of benzene rings is 1. The molecule has 0 aliphatic carbocycles. The number of imide groups is 1. The predicted molar refractivity (Wildman–Crippen MR) is 59.5 cm³/mol. The van der Waals surface area contributed by atoms with E-state index in [9.17, 15) is 14.7 Å². The van der Waals surface area contributed by atoms with Gasteiger partial charge in [0.15, 0.2) is 0 Å². The fourth-order valence-electron chi connectivity index (χ4n) is 1.90. The molecule has 0 bridgehead atoms. The molecule has 1 aliphatic heterocycles. The average Bonchev–Trinajstić information content (AvgIpc) is 2.61. The van der Waals surface area contributed by atoms with Gasteiger partial charge in [-0.1, -0.05) is 12.1 Å². The van der Waals surface area contributed by atoms with Crippen molar-refractivity contribution in [2.45, 2.75) is 19.1 Å². The highest BCUT2D eigenvalue weighted by Crippen LogP contribution is 2.25. The van der Waals surface area contributed by atoms with Crippen molar-refractivity contribution >= 4 is 11.8 Å². The van der Waals surface area contributed by atoms with Crippen molar-refractivity contribution in [1.82, 2.24) is 4.90 Å². The summed E-state index contributed by atoms with van der Waals surface area (Å²) in [6, 6.07) is 5.77. The number of carbonyl (C=O) groups excluding carboxylic acids is 2. The molecule has 90 valence electrons. The predicted octanol–water partition coefficient (Wildman–Crippen LogP) is 0.0243. The lowest BCUT2D eigenvalue weighted by Crippen LogP contribution is -2.46. The van der Waals surface area contributed by atoms with E-state index in [0.717, 1.165) is 4.90 Å². The van der Waals surface area contributed by atoms with E-state index in [4.69, 9.17) is 5.11 Å². The molecule has 1 heterocycles. The lowest BCUT2D eigenvalue weighted by molar-refractivity contribution is 0.0195. The maximum atomic E-state index is 12.0. The fraction of sp³-hybridized carbons (Fsp3) is 0.333. The molecule has 5 heteroatoms. The zero-order chi connectivity index (χ0) is 12.6. The lowest BCUT2D eigenvalue weighted by atomic mass is 10.1. The molecular weight excluding hydrogens is 222 g/mol. The summed E-state index contributed by atoms with van der Waals surface area (Å²) >= 11 is 0. The van der Waals surface area contributed by atoms with E-state index in [1.807, 2.05) is 0 Å². The van der Waals surface area contributed by atoms with E-state index in [-0.39, 0.29) is 0 Å². The molecule has 2 N–H and O–H groups in total. The molecule has 0 saturated carbocycles. The first-order valence-electron chi connectivity index (χ1n) is 5.33. The number of hydrogen-bond acceptors (Lipinski definition) is 4. The lowest BCUT2D eigenvalue weighted by Gasteiger charge is -2.25. The van der Waals surface area contributed by atoms with Crippen LogP contribution >= 0.6 is 0 Å². The maximum absolute atomic E-state index is 12.0. The zero-order valence-corrected chi connectivity index (χ0v) is 9.33. The van der Waals surface area contributed by atoms with Crippen LogP contribution < -0.4 is 0 Å². The van der Waals surface area contributed by atoms with Gasteiger partial charge in [0.05, 0.1) is 29.9 Å². The SMILES string of the molecule is C[C@@H]([C@H](O)CO)N1C(=O)c2ccccc2C1=O. The highest BCUT2D eigenvalue weighted by Gasteiger charge is 2.40. The highest BCUT2D eigenvalue weighted by molar-refractivity contribution is 6.21. The average molecular weight is 235 g/mol. The molecule has 2 atom stereocenters. The first-order chi connectivity index (χ1) is 8.07. The topological polar surface area (TPSA) is 77.8 Å². The number of nitrogens with zero attached hydrogens (tertiary/aromatic N) is 1. The van der Waals surface area contributed by atoms with Crippen molar-refractivity contribution in [3.63, 3.8) is 0 Å². The van der Waals surface area contributed by atoms with Crippen LogP contribution in [0, 0.1) is 0 Å². The smallest absolute Gasteiger partial charge is 0.261 e. The van der Waals surface area contributed by atoms with Gasteiger partial charge in [0.2, 0.25) is 0 Å². The summed E-state index contributed by atoms with van der Waals surface area (Å²) in [4.78, 5) is 25.0. The van der Waals surface area contributed by atoms with Crippen LogP contribution in [0.5, 0.6) is 0 Å². The van der Waals surface area contributed by atoms with Gasteiger partial charge in [-0.25, -0.2) is 0 Å². The molecule has 0 saturated heterocycles. The monoisotopic (exact) mass is 235 g/mol. The molecule has 0 unspecified atom stereocenters. The maximum Gasteiger partial charge on any atom is 0.261 e. The van der Waals surface area contributed by atoms with E-state index in [1.54, 1.807) is 24.3 Å². The Hall–Kier alpha value is -1.72. The van der Waals surface area contributed by atoms with E-state index < -0.39 is 30.6 Å². The van der Waals surface area contributed by atoms with Crippen LogP contribution in [0.25, 0.3) is 0 Å². The van der Waals surface area contributed by atoms with Gasteiger partial charge in [-0.15, -0.1) is 0 Å². The molecule has 0 fully saturated rings. The number of amides is 2. The van der Waals surface area contributed by atoms with Gasteiger partial charge < -0.3 is 10.2 Å². The van der Waals surface area contributed by atoms with Crippen LogP contribution in [0.2, 0.25) is 0 Å². The van der Waals surface area contributed by atoms with Crippen molar-refractivity contribution in [3.8, 4) is 0 Å². The first-order valence-corrected chi connectivity index (χ1v) is 5.33. The number of aliphatic hydroxyl groups excluding tert-OH is 2. The summed E-state index contributed by atoms with van der Waals surface area (Å²) in [5, 5.41) is 18.4.